The Morgan fingerprint density at radius 2 is 1.91 bits per heavy atom. The SMILES string of the molecule is O=C(O)C(F)(F)F.O=C1CC2(COCCN(c3ncnc4ccsc34)C2)CN1Cc1ccccc1. The number of alkyl halides is 3. The zero-order chi connectivity index (χ0) is 25.1. The van der Waals surface area contributed by atoms with Crippen molar-refractivity contribution in [3.05, 3.63) is 53.7 Å². The molecule has 0 saturated carbocycles. The fourth-order valence-corrected chi connectivity index (χ4v) is 5.17. The average molecular weight is 509 g/mol. The third-order valence-corrected chi connectivity index (χ3v) is 6.73. The van der Waals surface area contributed by atoms with Crippen LogP contribution in [0.15, 0.2) is 48.1 Å². The lowest BCUT2D eigenvalue weighted by Gasteiger charge is -2.32. The Morgan fingerprint density at radius 1 is 1.17 bits per heavy atom. The highest BCUT2D eigenvalue weighted by molar-refractivity contribution is 7.17. The van der Waals surface area contributed by atoms with Crippen LogP contribution in [0.3, 0.4) is 0 Å². The number of carboxylic acid groups (broad SMARTS) is 1. The van der Waals surface area contributed by atoms with Crippen molar-refractivity contribution in [2.75, 3.05) is 37.7 Å². The summed E-state index contributed by atoms with van der Waals surface area (Å²) in [7, 11) is 0. The van der Waals surface area contributed by atoms with Crippen LogP contribution in [0.25, 0.3) is 10.2 Å². The molecule has 0 bridgehead atoms. The van der Waals surface area contributed by atoms with Gasteiger partial charge in [0.2, 0.25) is 5.91 Å². The van der Waals surface area contributed by atoms with E-state index in [4.69, 9.17) is 14.6 Å². The summed E-state index contributed by atoms with van der Waals surface area (Å²) in [6.07, 6.45) is -2.93. The van der Waals surface area contributed by atoms with E-state index in [-0.39, 0.29) is 11.3 Å². The van der Waals surface area contributed by atoms with Gasteiger partial charge in [0.1, 0.15) is 12.1 Å². The van der Waals surface area contributed by atoms with Crippen LogP contribution in [-0.2, 0) is 20.9 Å². The molecule has 2 saturated heterocycles. The quantitative estimate of drug-likeness (QED) is 0.578. The van der Waals surface area contributed by atoms with Crippen molar-refractivity contribution in [2.45, 2.75) is 19.1 Å². The number of amides is 1. The predicted molar refractivity (Wildman–Crippen MR) is 123 cm³/mol. The lowest BCUT2D eigenvalue weighted by Crippen LogP contribution is -2.41. The molecule has 1 N–H and O–H groups in total. The van der Waals surface area contributed by atoms with Gasteiger partial charge in [-0.15, -0.1) is 11.3 Å². The lowest BCUT2D eigenvalue weighted by molar-refractivity contribution is -0.192. The van der Waals surface area contributed by atoms with Gasteiger partial charge in [-0.2, -0.15) is 13.2 Å². The monoisotopic (exact) mass is 508 g/mol. The van der Waals surface area contributed by atoms with E-state index in [1.165, 1.54) is 0 Å². The molecule has 0 radical (unpaired) electrons. The van der Waals surface area contributed by atoms with E-state index in [0.29, 0.717) is 26.2 Å². The molecule has 12 heteroatoms. The number of aromatic nitrogens is 2. The molecule has 0 aliphatic carbocycles. The van der Waals surface area contributed by atoms with Crippen LogP contribution in [0.1, 0.15) is 12.0 Å². The fourth-order valence-electron chi connectivity index (χ4n) is 4.31. The summed E-state index contributed by atoms with van der Waals surface area (Å²) in [6.45, 7) is 4.18. The molecule has 1 amide bonds. The van der Waals surface area contributed by atoms with Crippen LogP contribution in [-0.4, -0.2) is 70.9 Å². The normalized spacial score (nSPS) is 20.6. The van der Waals surface area contributed by atoms with Crippen molar-refractivity contribution in [3.8, 4) is 0 Å². The van der Waals surface area contributed by atoms with Crippen LogP contribution in [0.4, 0.5) is 19.0 Å². The highest BCUT2D eigenvalue weighted by Gasteiger charge is 2.46. The number of carboxylic acids is 1. The van der Waals surface area contributed by atoms with E-state index >= 15 is 0 Å². The Balaban J connectivity index is 0.000000364. The highest BCUT2D eigenvalue weighted by atomic mass is 32.1. The summed E-state index contributed by atoms with van der Waals surface area (Å²) in [5.74, 6) is -1.59. The molecule has 1 spiro atoms. The third-order valence-electron chi connectivity index (χ3n) is 5.83. The van der Waals surface area contributed by atoms with E-state index in [2.05, 4.69) is 27.0 Å². The molecule has 2 aliphatic heterocycles. The number of halogens is 3. The molecule has 1 atom stereocenters. The second-order valence-corrected chi connectivity index (χ2v) is 9.44. The highest BCUT2D eigenvalue weighted by Crippen LogP contribution is 2.38. The smallest absolute Gasteiger partial charge is 0.475 e. The van der Waals surface area contributed by atoms with Crippen LogP contribution >= 0.6 is 11.3 Å². The number of hydrogen-bond donors (Lipinski definition) is 1. The molecular weight excluding hydrogens is 485 g/mol. The number of rotatable bonds is 3. The first-order chi connectivity index (χ1) is 16.7. The van der Waals surface area contributed by atoms with Crippen LogP contribution in [0.2, 0.25) is 0 Å². The third kappa shape index (κ3) is 5.88. The van der Waals surface area contributed by atoms with Crippen LogP contribution < -0.4 is 4.90 Å². The summed E-state index contributed by atoms with van der Waals surface area (Å²) < 4.78 is 38.8. The van der Waals surface area contributed by atoms with Crippen LogP contribution in [0.5, 0.6) is 0 Å². The van der Waals surface area contributed by atoms with Gasteiger partial charge in [0.25, 0.3) is 0 Å². The molecular formula is C23H23F3N4O4S. The fraction of sp³-hybridized carbons (Fsp3) is 0.391. The number of fused-ring (bicyclic) bond motifs is 1. The second-order valence-electron chi connectivity index (χ2n) is 8.52. The summed E-state index contributed by atoms with van der Waals surface area (Å²) in [6, 6.07) is 12.2. The molecule has 2 fully saturated rings. The van der Waals surface area contributed by atoms with Crippen molar-refractivity contribution in [1.29, 1.82) is 0 Å². The van der Waals surface area contributed by atoms with Crippen molar-refractivity contribution in [1.82, 2.24) is 14.9 Å². The number of anilines is 1. The van der Waals surface area contributed by atoms with Gasteiger partial charge < -0.3 is 19.6 Å². The van der Waals surface area contributed by atoms with E-state index in [1.54, 1.807) is 17.7 Å². The van der Waals surface area contributed by atoms with Gasteiger partial charge >= 0.3 is 12.1 Å². The Kier molecular flexibility index (Phi) is 7.22. The summed E-state index contributed by atoms with van der Waals surface area (Å²) >= 11 is 1.66. The summed E-state index contributed by atoms with van der Waals surface area (Å²) in [4.78, 5) is 34.9. The number of hydrogen-bond acceptors (Lipinski definition) is 7. The zero-order valence-electron chi connectivity index (χ0n) is 18.6. The van der Waals surface area contributed by atoms with E-state index < -0.39 is 12.1 Å². The van der Waals surface area contributed by atoms with Gasteiger partial charge in [-0.25, -0.2) is 14.8 Å². The molecule has 8 nitrogen and oxygen atoms in total. The second kappa shape index (κ2) is 10.2. The Bertz CT molecular complexity index is 1190. The minimum absolute atomic E-state index is 0.198. The minimum Gasteiger partial charge on any atom is -0.475 e. The van der Waals surface area contributed by atoms with Gasteiger partial charge in [0, 0.05) is 38.0 Å². The zero-order valence-corrected chi connectivity index (χ0v) is 19.4. The molecule has 2 aliphatic rings. The topological polar surface area (TPSA) is 95.9 Å². The molecule has 2 aromatic heterocycles. The van der Waals surface area contributed by atoms with Gasteiger partial charge in [-0.1, -0.05) is 30.3 Å². The maximum absolute atomic E-state index is 12.8. The maximum Gasteiger partial charge on any atom is 0.490 e. The van der Waals surface area contributed by atoms with E-state index in [0.717, 1.165) is 41.2 Å². The molecule has 4 heterocycles. The van der Waals surface area contributed by atoms with Crippen molar-refractivity contribution >= 4 is 39.2 Å². The first-order valence-corrected chi connectivity index (χ1v) is 11.7. The average Bonchev–Trinajstić information content (AvgIpc) is 3.34. The van der Waals surface area contributed by atoms with Crippen molar-refractivity contribution < 1.29 is 32.6 Å². The number of ether oxygens (including phenoxy) is 1. The molecule has 1 unspecified atom stereocenters. The van der Waals surface area contributed by atoms with Crippen molar-refractivity contribution in [2.24, 2.45) is 5.41 Å². The maximum atomic E-state index is 12.8. The largest absolute Gasteiger partial charge is 0.490 e. The number of thiophene rings is 1. The van der Waals surface area contributed by atoms with Gasteiger partial charge in [0.05, 0.1) is 23.4 Å². The van der Waals surface area contributed by atoms with E-state index in [9.17, 15) is 18.0 Å². The van der Waals surface area contributed by atoms with Gasteiger partial charge in [-0.05, 0) is 17.0 Å². The number of nitrogens with zero attached hydrogens (tertiary/aromatic N) is 4. The number of likely N-dealkylation sites (tertiary alicyclic amines) is 1. The van der Waals surface area contributed by atoms with Gasteiger partial charge in [0.15, 0.2) is 0 Å². The molecule has 3 aromatic rings. The molecule has 186 valence electrons. The Morgan fingerprint density at radius 3 is 2.63 bits per heavy atom. The number of benzene rings is 1. The molecule has 35 heavy (non-hydrogen) atoms. The first-order valence-electron chi connectivity index (χ1n) is 10.8. The summed E-state index contributed by atoms with van der Waals surface area (Å²) in [5, 5.41) is 9.17. The number of carbonyl (C=O) groups is 2. The Labute approximate surface area is 203 Å². The van der Waals surface area contributed by atoms with Crippen molar-refractivity contribution in [3.63, 3.8) is 0 Å². The standard InChI is InChI=1S/C21H22N4O2S.C2HF3O2/c26-18-10-21(13-25(18)11-16-4-2-1-3-5-16)12-24(7-8-27-14-21)20-19-17(6-9-28-19)22-15-23-20;3-2(4,5)1(6)7/h1-6,9,15H,7-8,10-14H2;(H,6,7). The predicted octanol–water partition coefficient (Wildman–Crippen LogP) is 3.58. The Hall–Kier alpha value is -3.25. The number of carbonyl (C=O) groups excluding carboxylic acids is 1. The summed E-state index contributed by atoms with van der Waals surface area (Å²) in [5.41, 5.74) is 1.94. The van der Waals surface area contributed by atoms with E-state index in [1.807, 2.05) is 34.5 Å². The molecule has 1 aromatic carbocycles. The van der Waals surface area contributed by atoms with Gasteiger partial charge in [-0.3, -0.25) is 4.79 Å². The first kappa shape index (κ1) is 24.9. The molecule has 5 rings (SSSR count). The van der Waals surface area contributed by atoms with Crippen LogP contribution in [0, 0.1) is 5.41 Å². The number of aliphatic carboxylic acids is 1. The minimum atomic E-state index is -5.08. The lowest BCUT2D eigenvalue weighted by atomic mass is 9.87.